The summed E-state index contributed by atoms with van der Waals surface area (Å²) in [6.07, 6.45) is 96.7. The molecule has 0 radical (unpaired) electrons. The molecule has 1 unspecified atom stereocenters. The van der Waals surface area contributed by atoms with Crippen molar-refractivity contribution in [2.24, 2.45) is 0 Å². The van der Waals surface area contributed by atoms with Crippen molar-refractivity contribution >= 4 is 17.9 Å². The fourth-order valence-electron chi connectivity index (χ4n) is 9.64. The second kappa shape index (κ2) is 69.3. The third kappa shape index (κ3) is 66.6. The number of hydrogen-bond donors (Lipinski definition) is 0. The van der Waals surface area contributed by atoms with E-state index in [-0.39, 0.29) is 37.5 Å². The third-order valence-corrected chi connectivity index (χ3v) is 14.7. The van der Waals surface area contributed by atoms with E-state index in [2.05, 4.69) is 136 Å². The Bertz CT molecular complexity index is 1690. The van der Waals surface area contributed by atoms with Crippen molar-refractivity contribution in [1.29, 1.82) is 0 Å². The molecule has 0 fully saturated rings. The van der Waals surface area contributed by atoms with Crippen LogP contribution in [-0.4, -0.2) is 37.2 Å². The molecule has 0 heterocycles. The summed E-state index contributed by atoms with van der Waals surface area (Å²) < 4.78 is 16.9. The smallest absolute Gasteiger partial charge is 0.306 e. The Kier molecular flexibility index (Phi) is 65.8. The van der Waals surface area contributed by atoms with Crippen molar-refractivity contribution in [3.05, 3.63) is 122 Å². The van der Waals surface area contributed by atoms with E-state index in [9.17, 15) is 14.4 Å². The summed E-state index contributed by atoms with van der Waals surface area (Å²) in [5.74, 6) is -0.997. The van der Waals surface area contributed by atoms with Crippen LogP contribution in [0.4, 0.5) is 0 Å². The molecule has 0 saturated carbocycles. The zero-order valence-corrected chi connectivity index (χ0v) is 53.7. The Balaban J connectivity index is 4.34. The summed E-state index contributed by atoms with van der Waals surface area (Å²) in [4.78, 5) is 38.3. The van der Waals surface area contributed by atoms with E-state index < -0.39 is 6.10 Å². The third-order valence-electron chi connectivity index (χ3n) is 14.7. The van der Waals surface area contributed by atoms with Gasteiger partial charge >= 0.3 is 17.9 Å². The van der Waals surface area contributed by atoms with Crippen LogP contribution in [0.1, 0.15) is 323 Å². The fraction of sp³-hybridized carbons (Fsp3) is 0.697. The number of carbonyl (C=O) groups is 3. The van der Waals surface area contributed by atoms with E-state index in [1.165, 1.54) is 161 Å². The number of rotatable bonds is 62. The lowest BCUT2D eigenvalue weighted by Gasteiger charge is -2.18. The minimum Gasteiger partial charge on any atom is -0.462 e. The molecule has 0 rings (SSSR count). The molecular weight excluding hydrogens is 1010 g/mol. The molecule has 0 aliphatic carbocycles. The zero-order valence-electron chi connectivity index (χ0n) is 53.7. The van der Waals surface area contributed by atoms with Crippen LogP contribution in [0.25, 0.3) is 0 Å². The summed E-state index contributed by atoms with van der Waals surface area (Å²) in [5.41, 5.74) is 0. The fourth-order valence-corrected chi connectivity index (χ4v) is 9.64. The molecular formula is C76H128O6. The standard InChI is InChI=1S/C76H128O6/c1-4-7-10-13-16-19-22-25-27-29-31-33-35-37-39-40-42-44-46-48-51-54-57-60-63-66-69-75(78)81-72-73(71-80-74(77)68-65-62-59-56-53-50-24-21-18-15-12-9-6-3)82-76(79)70-67-64-61-58-55-52-49-47-45-43-41-38-36-34-32-30-28-26-23-20-17-14-11-8-5-2/h8-9,11-12,17-18,20-21,26,28,32,34,38,41,45,47,50,53,59,62,73H,4-7,10,13-16,19,22-25,27,29-31,33,35-37,39-40,42-44,46,48-49,51-52,54-58,60-61,63-72H2,1-3H3/b11-8-,12-9-,20-17-,21-18-,28-26-,34-32-,41-38-,47-45-,53-50-,62-59-. The second-order valence-corrected chi connectivity index (χ2v) is 22.7. The summed E-state index contributed by atoms with van der Waals surface area (Å²) in [5, 5.41) is 0. The molecule has 0 aliphatic heterocycles. The Morgan fingerprint density at radius 1 is 0.256 bits per heavy atom. The molecule has 1 atom stereocenters. The first-order chi connectivity index (χ1) is 40.5. The van der Waals surface area contributed by atoms with Gasteiger partial charge < -0.3 is 14.2 Å². The second-order valence-electron chi connectivity index (χ2n) is 22.7. The first-order valence-corrected chi connectivity index (χ1v) is 34.5. The predicted octanol–water partition coefficient (Wildman–Crippen LogP) is 23.9. The summed E-state index contributed by atoms with van der Waals surface area (Å²) >= 11 is 0. The molecule has 6 heteroatoms. The number of carbonyl (C=O) groups excluding carboxylic acids is 3. The van der Waals surface area contributed by atoms with Crippen molar-refractivity contribution in [2.75, 3.05) is 13.2 Å². The van der Waals surface area contributed by atoms with Gasteiger partial charge in [-0.3, -0.25) is 14.4 Å². The summed E-state index contributed by atoms with van der Waals surface area (Å²) in [6, 6.07) is 0. The number of allylic oxidation sites excluding steroid dienone is 20. The first-order valence-electron chi connectivity index (χ1n) is 34.5. The lowest BCUT2D eigenvalue weighted by molar-refractivity contribution is -0.166. The number of esters is 3. The highest BCUT2D eigenvalue weighted by Gasteiger charge is 2.19. The van der Waals surface area contributed by atoms with Gasteiger partial charge in [0.25, 0.3) is 0 Å². The molecule has 468 valence electrons. The Morgan fingerprint density at radius 2 is 0.500 bits per heavy atom. The van der Waals surface area contributed by atoms with Crippen molar-refractivity contribution in [1.82, 2.24) is 0 Å². The van der Waals surface area contributed by atoms with Gasteiger partial charge in [-0.15, -0.1) is 0 Å². The van der Waals surface area contributed by atoms with Crippen LogP contribution in [-0.2, 0) is 28.6 Å². The van der Waals surface area contributed by atoms with E-state index in [0.29, 0.717) is 19.3 Å². The largest absolute Gasteiger partial charge is 0.462 e. The lowest BCUT2D eigenvalue weighted by atomic mass is 10.0. The molecule has 0 aromatic heterocycles. The molecule has 0 aliphatic rings. The van der Waals surface area contributed by atoms with E-state index in [1.807, 2.05) is 6.08 Å². The summed E-state index contributed by atoms with van der Waals surface area (Å²) in [7, 11) is 0. The van der Waals surface area contributed by atoms with Gasteiger partial charge in [0.05, 0.1) is 0 Å². The van der Waals surface area contributed by atoms with Crippen molar-refractivity contribution in [2.45, 2.75) is 329 Å². The lowest BCUT2D eigenvalue weighted by Crippen LogP contribution is -2.30. The molecule has 6 nitrogen and oxygen atoms in total. The maximum Gasteiger partial charge on any atom is 0.306 e. The van der Waals surface area contributed by atoms with Gasteiger partial charge in [-0.1, -0.05) is 328 Å². The molecule has 82 heavy (non-hydrogen) atoms. The van der Waals surface area contributed by atoms with Crippen molar-refractivity contribution in [3.8, 4) is 0 Å². The van der Waals surface area contributed by atoms with Crippen LogP contribution >= 0.6 is 0 Å². The first kappa shape index (κ1) is 77.8. The van der Waals surface area contributed by atoms with Gasteiger partial charge in [0, 0.05) is 19.3 Å². The number of ether oxygens (including phenoxy) is 3. The van der Waals surface area contributed by atoms with Gasteiger partial charge in [0.1, 0.15) is 13.2 Å². The molecule has 0 saturated heterocycles. The molecule has 0 bridgehead atoms. The van der Waals surface area contributed by atoms with Gasteiger partial charge in [0.15, 0.2) is 6.10 Å². The quantitative estimate of drug-likeness (QED) is 0.0261. The summed E-state index contributed by atoms with van der Waals surface area (Å²) in [6.45, 7) is 6.37. The minimum atomic E-state index is -0.819. The van der Waals surface area contributed by atoms with Crippen molar-refractivity contribution in [3.63, 3.8) is 0 Å². The molecule has 0 amide bonds. The van der Waals surface area contributed by atoms with Crippen LogP contribution < -0.4 is 0 Å². The normalized spacial score (nSPS) is 12.9. The average molecular weight is 1140 g/mol. The highest BCUT2D eigenvalue weighted by Crippen LogP contribution is 2.17. The highest BCUT2D eigenvalue weighted by atomic mass is 16.6. The van der Waals surface area contributed by atoms with Crippen LogP contribution in [0.2, 0.25) is 0 Å². The SMILES string of the molecule is CC/C=C\C/C=C\C/C=C\C/C=C\C/C=C\C/C=C\CCCCCCCCC(=O)OC(COC(=O)CC/C=C\C/C=C\C/C=C\C/C=C\CC)COC(=O)CCCCCCCCCCCCCCCCCCCCCCCCCCCC. The van der Waals surface area contributed by atoms with Crippen LogP contribution in [0.3, 0.4) is 0 Å². The average Bonchev–Trinajstić information content (AvgIpc) is 3.47. The molecule has 0 spiro atoms. The van der Waals surface area contributed by atoms with Gasteiger partial charge in [-0.25, -0.2) is 0 Å². The Morgan fingerprint density at radius 3 is 0.817 bits per heavy atom. The predicted molar refractivity (Wildman–Crippen MR) is 357 cm³/mol. The number of unbranched alkanes of at least 4 members (excludes halogenated alkanes) is 31. The van der Waals surface area contributed by atoms with Gasteiger partial charge in [-0.2, -0.15) is 0 Å². The highest BCUT2D eigenvalue weighted by molar-refractivity contribution is 5.71. The van der Waals surface area contributed by atoms with Gasteiger partial charge in [-0.05, 0) is 96.3 Å². The maximum absolute atomic E-state index is 12.9. The van der Waals surface area contributed by atoms with Crippen LogP contribution in [0.5, 0.6) is 0 Å². The van der Waals surface area contributed by atoms with Crippen molar-refractivity contribution < 1.29 is 28.6 Å². The number of hydrogen-bond acceptors (Lipinski definition) is 6. The Labute approximate surface area is 507 Å². The van der Waals surface area contributed by atoms with Gasteiger partial charge in [0.2, 0.25) is 0 Å². The monoisotopic (exact) mass is 1140 g/mol. The van der Waals surface area contributed by atoms with Crippen LogP contribution in [0.15, 0.2) is 122 Å². The van der Waals surface area contributed by atoms with Crippen LogP contribution in [0, 0.1) is 0 Å². The maximum atomic E-state index is 12.9. The van der Waals surface area contributed by atoms with E-state index in [4.69, 9.17) is 14.2 Å². The minimum absolute atomic E-state index is 0.106. The van der Waals surface area contributed by atoms with E-state index >= 15 is 0 Å². The van der Waals surface area contributed by atoms with E-state index in [1.54, 1.807) is 0 Å². The molecule has 0 aromatic carbocycles. The molecule has 0 aromatic rings. The molecule has 0 N–H and O–H groups in total. The zero-order chi connectivity index (χ0) is 59.2. The Hall–Kier alpha value is -4.19. The van der Waals surface area contributed by atoms with E-state index in [0.717, 1.165) is 116 Å². The topological polar surface area (TPSA) is 78.9 Å².